The maximum absolute atomic E-state index is 12.6. The lowest BCUT2D eigenvalue weighted by Crippen LogP contribution is -2.13. The van der Waals surface area contributed by atoms with Gasteiger partial charge in [-0.05, 0) is 43.7 Å². The Morgan fingerprint density at radius 1 is 1.07 bits per heavy atom. The SMILES string of the molecule is Cc1cc(C)cc(COc2ccccc2/C=C(\C#N)C(=O)Nc2ccccc2Cl)c1. The van der Waals surface area contributed by atoms with E-state index in [-0.39, 0.29) is 5.57 Å². The van der Waals surface area contributed by atoms with E-state index in [1.807, 2.05) is 38.1 Å². The summed E-state index contributed by atoms with van der Waals surface area (Å²) in [7, 11) is 0. The molecule has 0 atom stereocenters. The minimum Gasteiger partial charge on any atom is -0.488 e. The van der Waals surface area contributed by atoms with E-state index in [1.54, 1.807) is 30.3 Å². The number of carbonyl (C=O) groups is 1. The van der Waals surface area contributed by atoms with E-state index < -0.39 is 5.91 Å². The third-order valence-corrected chi connectivity index (χ3v) is 4.71. The Kier molecular flexibility index (Phi) is 6.90. The van der Waals surface area contributed by atoms with Gasteiger partial charge in [0.05, 0.1) is 10.7 Å². The predicted octanol–water partition coefficient (Wildman–Crippen LogP) is 6.08. The molecule has 0 aliphatic heterocycles. The molecule has 1 amide bonds. The Morgan fingerprint density at radius 2 is 1.73 bits per heavy atom. The second-order valence-corrected chi connectivity index (χ2v) is 7.33. The molecule has 0 aliphatic rings. The Balaban J connectivity index is 1.80. The third-order valence-electron chi connectivity index (χ3n) is 4.38. The molecule has 30 heavy (non-hydrogen) atoms. The number of nitrogens with one attached hydrogen (secondary N) is 1. The molecule has 3 rings (SSSR count). The first-order chi connectivity index (χ1) is 14.5. The number of rotatable bonds is 6. The number of halogens is 1. The molecule has 1 N–H and O–H groups in total. The van der Waals surface area contributed by atoms with Crippen LogP contribution in [0.5, 0.6) is 5.75 Å². The lowest BCUT2D eigenvalue weighted by atomic mass is 10.1. The molecule has 0 saturated carbocycles. The van der Waals surface area contributed by atoms with Crippen LogP contribution in [0, 0.1) is 25.2 Å². The van der Waals surface area contributed by atoms with E-state index in [9.17, 15) is 10.1 Å². The molecule has 0 aliphatic carbocycles. The molecule has 4 nitrogen and oxygen atoms in total. The van der Waals surface area contributed by atoms with Crippen LogP contribution < -0.4 is 10.1 Å². The lowest BCUT2D eigenvalue weighted by Gasteiger charge is -2.11. The number of hydrogen-bond acceptors (Lipinski definition) is 3. The topological polar surface area (TPSA) is 62.1 Å². The quantitative estimate of drug-likeness (QED) is 0.391. The summed E-state index contributed by atoms with van der Waals surface area (Å²) in [6, 6.07) is 22.4. The molecule has 3 aromatic rings. The zero-order chi connectivity index (χ0) is 21.5. The smallest absolute Gasteiger partial charge is 0.266 e. The number of aryl methyl sites for hydroxylation is 2. The van der Waals surface area contributed by atoms with E-state index in [0.29, 0.717) is 28.6 Å². The Hall–Kier alpha value is -3.55. The van der Waals surface area contributed by atoms with Gasteiger partial charge in [-0.3, -0.25) is 4.79 Å². The summed E-state index contributed by atoms with van der Waals surface area (Å²) >= 11 is 6.09. The van der Waals surface area contributed by atoms with Crippen LogP contribution in [0.3, 0.4) is 0 Å². The third kappa shape index (κ3) is 5.50. The molecule has 150 valence electrons. The van der Waals surface area contributed by atoms with Gasteiger partial charge >= 0.3 is 0 Å². The van der Waals surface area contributed by atoms with Crippen molar-refractivity contribution in [3.05, 3.63) is 99.6 Å². The fraction of sp³-hybridized carbons (Fsp3) is 0.120. The molecule has 0 saturated heterocycles. The molecule has 0 radical (unpaired) electrons. The maximum Gasteiger partial charge on any atom is 0.266 e. The molecular weight excluding hydrogens is 396 g/mol. The second-order valence-electron chi connectivity index (χ2n) is 6.93. The largest absolute Gasteiger partial charge is 0.488 e. The summed E-state index contributed by atoms with van der Waals surface area (Å²) in [5.41, 5.74) is 4.45. The van der Waals surface area contributed by atoms with Crippen molar-refractivity contribution in [1.82, 2.24) is 0 Å². The molecule has 0 unspecified atom stereocenters. The lowest BCUT2D eigenvalue weighted by molar-refractivity contribution is -0.112. The van der Waals surface area contributed by atoms with Crippen LogP contribution >= 0.6 is 11.6 Å². The highest BCUT2D eigenvalue weighted by atomic mass is 35.5. The predicted molar refractivity (Wildman–Crippen MR) is 120 cm³/mol. The van der Waals surface area contributed by atoms with Crippen molar-refractivity contribution in [2.45, 2.75) is 20.5 Å². The zero-order valence-electron chi connectivity index (χ0n) is 16.8. The minimum absolute atomic E-state index is 0.0441. The average Bonchev–Trinajstić information content (AvgIpc) is 2.72. The molecule has 0 spiro atoms. The number of nitriles is 1. The van der Waals surface area contributed by atoms with Crippen LogP contribution in [0.4, 0.5) is 5.69 Å². The average molecular weight is 417 g/mol. The van der Waals surface area contributed by atoms with Gasteiger partial charge in [0.25, 0.3) is 5.91 Å². The fourth-order valence-corrected chi connectivity index (χ4v) is 3.28. The standard InChI is InChI=1S/C25H21ClN2O2/c1-17-11-18(2)13-19(12-17)16-30-24-10-6-3-7-20(24)14-21(15-27)25(29)28-23-9-5-4-8-22(23)26/h3-14H,16H2,1-2H3,(H,28,29)/b21-14+. The first-order valence-electron chi connectivity index (χ1n) is 9.43. The summed E-state index contributed by atoms with van der Waals surface area (Å²) < 4.78 is 5.99. The van der Waals surface area contributed by atoms with Gasteiger partial charge in [0.1, 0.15) is 24.0 Å². The van der Waals surface area contributed by atoms with Crippen molar-refractivity contribution >= 4 is 29.3 Å². The second kappa shape index (κ2) is 9.78. The normalized spacial score (nSPS) is 10.9. The maximum atomic E-state index is 12.6. The first kappa shape index (κ1) is 21.2. The highest BCUT2D eigenvalue weighted by Crippen LogP contribution is 2.24. The van der Waals surface area contributed by atoms with Crippen molar-refractivity contribution in [3.8, 4) is 11.8 Å². The Labute approximate surface area is 181 Å². The molecule has 0 heterocycles. The van der Waals surface area contributed by atoms with E-state index in [1.165, 1.54) is 17.2 Å². The van der Waals surface area contributed by atoms with E-state index in [4.69, 9.17) is 16.3 Å². The van der Waals surface area contributed by atoms with Crippen LogP contribution in [0.2, 0.25) is 5.02 Å². The van der Waals surface area contributed by atoms with Crippen molar-refractivity contribution in [1.29, 1.82) is 5.26 Å². The molecule has 0 fully saturated rings. The van der Waals surface area contributed by atoms with Crippen molar-refractivity contribution in [2.75, 3.05) is 5.32 Å². The summed E-state index contributed by atoms with van der Waals surface area (Å²) in [4.78, 5) is 12.6. The van der Waals surface area contributed by atoms with Gasteiger partial charge in [-0.15, -0.1) is 0 Å². The number of ether oxygens (including phenoxy) is 1. The molecule has 0 aromatic heterocycles. The van der Waals surface area contributed by atoms with Gasteiger partial charge < -0.3 is 10.1 Å². The number of anilines is 1. The van der Waals surface area contributed by atoms with Crippen molar-refractivity contribution < 1.29 is 9.53 Å². The Morgan fingerprint density at radius 3 is 2.43 bits per heavy atom. The van der Waals surface area contributed by atoms with Crippen LogP contribution in [0.25, 0.3) is 6.08 Å². The molecule has 5 heteroatoms. The van der Waals surface area contributed by atoms with E-state index in [2.05, 4.69) is 23.5 Å². The Bertz CT molecular complexity index is 1130. The molecule has 0 bridgehead atoms. The number of carbonyl (C=O) groups excluding carboxylic acids is 1. The van der Waals surface area contributed by atoms with E-state index in [0.717, 1.165) is 5.56 Å². The van der Waals surface area contributed by atoms with Gasteiger partial charge in [0, 0.05) is 5.56 Å². The van der Waals surface area contributed by atoms with Gasteiger partial charge in [0.15, 0.2) is 0 Å². The van der Waals surface area contributed by atoms with Gasteiger partial charge in [0.2, 0.25) is 0 Å². The van der Waals surface area contributed by atoms with Crippen LogP contribution in [0.1, 0.15) is 22.3 Å². The minimum atomic E-state index is -0.533. The monoisotopic (exact) mass is 416 g/mol. The highest BCUT2D eigenvalue weighted by Gasteiger charge is 2.13. The summed E-state index contributed by atoms with van der Waals surface area (Å²) in [5.74, 6) is 0.0599. The molecule has 3 aromatic carbocycles. The number of nitrogens with zero attached hydrogens (tertiary/aromatic N) is 1. The number of benzene rings is 3. The van der Waals surface area contributed by atoms with Crippen molar-refractivity contribution in [2.24, 2.45) is 0 Å². The summed E-state index contributed by atoms with van der Waals surface area (Å²) in [6.45, 7) is 4.48. The van der Waals surface area contributed by atoms with Crippen LogP contribution in [0.15, 0.2) is 72.3 Å². The summed E-state index contributed by atoms with van der Waals surface area (Å²) in [6.07, 6.45) is 1.52. The summed E-state index contributed by atoms with van der Waals surface area (Å²) in [5, 5.41) is 12.6. The fourth-order valence-electron chi connectivity index (χ4n) is 3.10. The highest BCUT2D eigenvalue weighted by molar-refractivity contribution is 6.34. The van der Waals surface area contributed by atoms with Crippen LogP contribution in [-0.4, -0.2) is 5.91 Å². The molecular formula is C25H21ClN2O2. The zero-order valence-corrected chi connectivity index (χ0v) is 17.5. The van der Waals surface area contributed by atoms with Gasteiger partial charge in [-0.1, -0.05) is 71.3 Å². The van der Waals surface area contributed by atoms with Gasteiger partial charge in [-0.2, -0.15) is 5.26 Å². The number of para-hydroxylation sites is 2. The number of amides is 1. The van der Waals surface area contributed by atoms with Crippen LogP contribution in [-0.2, 0) is 11.4 Å². The van der Waals surface area contributed by atoms with Crippen molar-refractivity contribution in [3.63, 3.8) is 0 Å². The van der Waals surface area contributed by atoms with Gasteiger partial charge in [-0.25, -0.2) is 0 Å². The first-order valence-corrected chi connectivity index (χ1v) is 9.81. The van der Waals surface area contributed by atoms with E-state index >= 15 is 0 Å². The number of hydrogen-bond donors (Lipinski definition) is 1.